The van der Waals surface area contributed by atoms with Crippen LogP contribution >= 0.6 is 0 Å². The molecule has 23 heavy (non-hydrogen) atoms. The quantitative estimate of drug-likeness (QED) is 0.886. The number of carbonyl (C=O) groups excluding carboxylic acids is 2. The third-order valence-electron chi connectivity index (χ3n) is 3.24. The van der Waals surface area contributed by atoms with E-state index in [1.165, 1.54) is 12.1 Å². The Morgan fingerprint density at radius 1 is 0.913 bits per heavy atom. The van der Waals surface area contributed by atoms with Gasteiger partial charge in [-0.3, -0.25) is 9.59 Å². The average Bonchev–Trinajstić information content (AvgIpc) is 2.51. The van der Waals surface area contributed by atoms with Gasteiger partial charge in [0, 0.05) is 17.3 Å². The van der Waals surface area contributed by atoms with Crippen molar-refractivity contribution in [1.82, 2.24) is 0 Å². The Morgan fingerprint density at radius 3 is 1.96 bits per heavy atom. The van der Waals surface area contributed by atoms with Crippen LogP contribution in [0.15, 0.2) is 48.5 Å². The summed E-state index contributed by atoms with van der Waals surface area (Å²) in [5.41, 5.74) is 2.06. The van der Waals surface area contributed by atoms with Crippen LogP contribution in [0.3, 0.4) is 0 Å². The predicted octanol–water partition coefficient (Wildman–Crippen LogP) is 3.60. The van der Waals surface area contributed by atoms with Crippen LogP contribution in [-0.4, -0.2) is 11.8 Å². The predicted molar refractivity (Wildman–Crippen MR) is 88.6 cm³/mol. The largest absolute Gasteiger partial charge is 0.326 e. The van der Waals surface area contributed by atoms with Crippen LogP contribution in [-0.2, 0) is 16.0 Å². The molecular formula is C18H19FN2O2. The molecule has 0 aliphatic rings. The van der Waals surface area contributed by atoms with Gasteiger partial charge < -0.3 is 10.6 Å². The van der Waals surface area contributed by atoms with Crippen molar-refractivity contribution in [3.63, 3.8) is 0 Å². The molecule has 0 unspecified atom stereocenters. The molecular weight excluding hydrogens is 295 g/mol. The van der Waals surface area contributed by atoms with Gasteiger partial charge in [0.15, 0.2) is 0 Å². The number of halogens is 1. The molecule has 0 spiro atoms. The molecule has 0 atom stereocenters. The van der Waals surface area contributed by atoms with E-state index in [4.69, 9.17) is 0 Å². The third-order valence-corrected chi connectivity index (χ3v) is 3.24. The maximum atomic E-state index is 12.8. The second-order valence-corrected chi connectivity index (χ2v) is 5.57. The van der Waals surface area contributed by atoms with Gasteiger partial charge in [-0.25, -0.2) is 4.39 Å². The highest BCUT2D eigenvalue weighted by Crippen LogP contribution is 2.15. The first-order chi connectivity index (χ1) is 10.9. The number of hydrogen-bond donors (Lipinski definition) is 2. The molecule has 120 valence electrons. The van der Waals surface area contributed by atoms with Gasteiger partial charge in [0.25, 0.3) is 0 Å². The zero-order chi connectivity index (χ0) is 16.8. The molecule has 4 nitrogen and oxygen atoms in total. The molecule has 0 saturated heterocycles. The minimum Gasteiger partial charge on any atom is -0.326 e. The monoisotopic (exact) mass is 314 g/mol. The number of amides is 2. The highest BCUT2D eigenvalue weighted by Gasteiger charge is 2.08. The maximum absolute atomic E-state index is 12.8. The molecule has 0 aliphatic heterocycles. The summed E-state index contributed by atoms with van der Waals surface area (Å²) in [4.78, 5) is 23.5. The van der Waals surface area contributed by atoms with Gasteiger partial charge in [0.1, 0.15) is 5.82 Å². The van der Waals surface area contributed by atoms with Gasteiger partial charge >= 0.3 is 0 Å². The number of hydrogen-bond acceptors (Lipinski definition) is 2. The lowest BCUT2D eigenvalue weighted by atomic mass is 10.1. The molecule has 0 aromatic heterocycles. The molecule has 0 radical (unpaired) electrons. The summed E-state index contributed by atoms with van der Waals surface area (Å²) in [6, 6.07) is 12.7. The van der Waals surface area contributed by atoms with E-state index in [0.717, 1.165) is 5.56 Å². The molecule has 0 fully saturated rings. The Kier molecular flexibility index (Phi) is 5.46. The van der Waals surface area contributed by atoms with Crippen molar-refractivity contribution in [2.45, 2.75) is 20.3 Å². The van der Waals surface area contributed by atoms with Crippen molar-refractivity contribution in [3.05, 3.63) is 59.9 Å². The van der Waals surface area contributed by atoms with E-state index in [1.807, 2.05) is 13.8 Å². The Hall–Kier alpha value is -2.69. The van der Waals surface area contributed by atoms with Gasteiger partial charge in [-0.15, -0.1) is 0 Å². The molecule has 0 bridgehead atoms. The van der Waals surface area contributed by atoms with Gasteiger partial charge in [0.05, 0.1) is 6.42 Å². The highest BCUT2D eigenvalue weighted by atomic mass is 19.1. The standard InChI is InChI=1S/C18H19FN2O2/c1-12(2)18(23)21-16-9-7-15(8-10-16)20-17(22)11-13-3-5-14(19)6-4-13/h3-10,12H,11H2,1-2H3,(H,20,22)(H,21,23). The van der Waals surface area contributed by atoms with Crippen molar-refractivity contribution in [3.8, 4) is 0 Å². The molecule has 2 amide bonds. The van der Waals surface area contributed by atoms with Crippen LogP contribution in [0.2, 0.25) is 0 Å². The summed E-state index contributed by atoms with van der Waals surface area (Å²) >= 11 is 0. The van der Waals surface area contributed by atoms with Gasteiger partial charge in [0.2, 0.25) is 11.8 Å². The lowest BCUT2D eigenvalue weighted by Gasteiger charge is -2.09. The van der Waals surface area contributed by atoms with Crippen molar-refractivity contribution < 1.29 is 14.0 Å². The van der Waals surface area contributed by atoms with Gasteiger partial charge in [-0.05, 0) is 42.0 Å². The molecule has 0 aliphatic carbocycles. The van der Waals surface area contributed by atoms with E-state index in [2.05, 4.69) is 10.6 Å². The number of benzene rings is 2. The van der Waals surface area contributed by atoms with Crippen molar-refractivity contribution in [1.29, 1.82) is 0 Å². The zero-order valence-corrected chi connectivity index (χ0v) is 13.1. The first-order valence-electron chi connectivity index (χ1n) is 7.39. The Morgan fingerprint density at radius 2 is 1.43 bits per heavy atom. The van der Waals surface area contributed by atoms with Gasteiger partial charge in [-0.2, -0.15) is 0 Å². The Labute approximate surface area is 134 Å². The smallest absolute Gasteiger partial charge is 0.228 e. The SMILES string of the molecule is CC(C)C(=O)Nc1ccc(NC(=O)Cc2ccc(F)cc2)cc1. The van der Waals surface area contributed by atoms with Crippen LogP contribution in [0.5, 0.6) is 0 Å². The molecule has 2 N–H and O–H groups in total. The fourth-order valence-electron chi connectivity index (χ4n) is 1.92. The summed E-state index contributed by atoms with van der Waals surface area (Å²) in [5, 5.41) is 5.54. The minimum atomic E-state index is -0.326. The topological polar surface area (TPSA) is 58.2 Å². The number of anilines is 2. The first kappa shape index (κ1) is 16.7. The Bertz CT molecular complexity index is 679. The van der Waals surface area contributed by atoms with Crippen LogP contribution in [0, 0.1) is 11.7 Å². The zero-order valence-electron chi connectivity index (χ0n) is 13.1. The second kappa shape index (κ2) is 7.54. The van der Waals surface area contributed by atoms with Crippen LogP contribution in [0.4, 0.5) is 15.8 Å². The third kappa shape index (κ3) is 5.21. The summed E-state index contributed by atoms with van der Waals surface area (Å²) < 4.78 is 12.8. The number of nitrogens with one attached hydrogen (secondary N) is 2. The number of carbonyl (C=O) groups is 2. The van der Waals surface area contributed by atoms with E-state index >= 15 is 0 Å². The summed E-state index contributed by atoms with van der Waals surface area (Å²) in [5.74, 6) is -0.660. The first-order valence-corrected chi connectivity index (χ1v) is 7.39. The van der Waals surface area contributed by atoms with E-state index in [9.17, 15) is 14.0 Å². The normalized spacial score (nSPS) is 10.4. The molecule has 5 heteroatoms. The Balaban J connectivity index is 1.91. The lowest BCUT2D eigenvalue weighted by Crippen LogP contribution is -2.18. The summed E-state index contributed by atoms with van der Waals surface area (Å²) in [6.45, 7) is 3.64. The van der Waals surface area contributed by atoms with E-state index in [1.54, 1.807) is 36.4 Å². The fraction of sp³-hybridized carbons (Fsp3) is 0.222. The van der Waals surface area contributed by atoms with Crippen molar-refractivity contribution in [2.75, 3.05) is 10.6 Å². The van der Waals surface area contributed by atoms with Crippen LogP contribution in [0.25, 0.3) is 0 Å². The van der Waals surface area contributed by atoms with Gasteiger partial charge in [-0.1, -0.05) is 26.0 Å². The lowest BCUT2D eigenvalue weighted by molar-refractivity contribution is -0.119. The molecule has 0 heterocycles. The molecule has 2 rings (SSSR count). The van der Waals surface area contributed by atoms with Crippen molar-refractivity contribution in [2.24, 2.45) is 5.92 Å². The highest BCUT2D eigenvalue weighted by molar-refractivity contribution is 5.94. The summed E-state index contributed by atoms with van der Waals surface area (Å²) in [7, 11) is 0. The van der Waals surface area contributed by atoms with Crippen LogP contribution in [0.1, 0.15) is 19.4 Å². The summed E-state index contributed by atoms with van der Waals surface area (Å²) in [6.07, 6.45) is 0.173. The molecule has 2 aromatic carbocycles. The maximum Gasteiger partial charge on any atom is 0.228 e. The second-order valence-electron chi connectivity index (χ2n) is 5.57. The van der Waals surface area contributed by atoms with E-state index in [0.29, 0.717) is 11.4 Å². The van der Waals surface area contributed by atoms with E-state index < -0.39 is 0 Å². The average molecular weight is 314 g/mol. The molecule has 0 saturated carbocycles. The fourth-order valence-corrected chi connectivity index (χ4v) is 1.92. The molecule has 2 aromatic rings. The van der Waals surface area contributed by atoms with E-state index in [-0.39, 0.29) is 30.0 Å². The van der Waals surface area contributed by atoms with Crippen molar-refractivity contribution >= 4 is 23.2 Å². The van der Waals surface area contributed by atoms with Crippen LogP contribution < -0.4 is 10.6 Å². The minimum absolute atomic E-state index is 0.0573. The number of rotatable bonds is 5.